The topological polar surface area (TPSA) is 101 Å². The molecule has 0 saturated carbocycles. The van der Waals surface area contributed by atoms with Gasteiger partial charge in [-0.15, -0.1) is 11.3 Å². The molecule has 2 heterocycles. The number of sulfonamides is 1. The lowest BCUT2D eigenvalue weighted by atomic mass is 10.3. The summed E-state index contributed by atoms with van der Waals surface area (Å²) in [6.45, 7) is 1.91. The molecule has 0 aliphatic carbocycles. The maximum absolute atomic E-state index is 12.2. The molecule has 3 aromatic rings. The second-order valence-electron chi connectivity index (χ2n) is 4.70. The highest BCUT2D eigenvalue weighted by Crippen LogP contribution is 2.25. The fourth-order valence-corrected chi connectivity index (χ4v) is 3.51. The number of nitrogens with zero attached hydrogens (tertiary/aromatic N) is 1. The van der Waals surface area contributed by atoms with Gasteiger partial charge in [0, 0.05) is 5.69 Å². The van der Waals surface area contributed by atoms with E-state index in [1.54, 1.807) is 6.07 Å². The van der Waals surface area contributed by atoms with Crippen LogP contribution in [0.15, 0.2) is 39.8 Å². The summed E-state index contributed by atoms with van der Waals surface area (Å²) in [6.07, 6.45) is 0. The van der Waals surface area contributed by atoms with Crippen LogP contribution in [0, 0.1) is 6.92 Å². The molecule has 1 amide bonds. The first-order valence-corrected chi connectivity index (χ1v) is 8.91. The molecular formula is C14H13N3O4S2. The lowest BCUT2D eigenvalue weighted by Crippen LogP contribution is -2.18. The van der Waals surface area contributed by atoms with E-state index in [1.165, 1.54) is 30.5 Å². The van der Waals surface area contributed by atoms with Crippen LogP contribution in [0.1, 0.15) is 15.6 Å². The molecule has 0 atom stereocenters. The van der Waals surface area contributed by atoms with Crippen LogP contribution in [0.25, 0.3) is 10.2 Å². The van der Waals surface area contributed by atoms with Crippen molar-refractivity contribution in [3.8, 4) is 0 Å². The van der Waals surface area contributed by atoms with E-state index in [2.05, 4.69) is 15.0 Å². The largest absolute Gasteiger partial charge is 0.438 e. The van der Waals surface area contributed by atoms with Crippen molar-refractivity contribution in [3.63, 3.8) is 0 Å². The van der Waals surface area contributed by atoms with Gasteiger partial charge in [-0.1, -0.05) is 0 Å². The zero-order chi connectivity index (χ0) is 16.6. The number of hydrogen-bond acceptors (Lipinski definition) is 6. The van der Waals surface area contributed by atoms with Gasteiger partial charge in [0.2, 0.25) is 5.09 Å². The van der Waals surface area contributed by atoms with Crippen LogP contribution >= 0.6 is 11.3 Å². The zero-order valence-electron chi connectivity index (χ0n) is 12.3. The average Bonchev–Trinajstić information content (AvgIpc) is 3.12. The highest BCUT2D eigenvalue weighted by atomic mass is 32.2. The molecule has 120 valence electrons. The summed E-state index contributed by atoms with van der Waals surface area (Å²) in [5.41, 5.74) is 1.45. The summed E-state index contributed by atoms with van der Waals surface area (Å²) >= 11 is 1.53. The molecule has 0 aliphatic heterocycles. The Balaban J connectivity index is 1.83. The molecule has 0 bridgehead atoms. The second kappa shape index (κ2) is 5.76. The van der Waals surface area contributed by atoms with Crippen molar-refractivity contribution in [2.75, 3.05) is 12.4 Å². The van der Waals surface area contributed by atoms with Crippen LogP contribution < -0.4 is 10.0 Å². The summed E-state index contributed by atoms with van der Waals surface area (Å²) in [4.78, 5) is 16.5. The van der Waals surface area contributed by atoms with Gasteiger partial charge in [0.25, 0.3) is 15.9 Å². The maximum atomic E-state index is 12.2. The number of thiazole rings is 1. The van der Waals surface area contributed by atoms with Crippen molar-refractivity contribution >= 4 is 43.2 Å². The third-order valence-electron chi connectivity index (χ3n) is 3.09. The summed E-state index contributed by atoms with van der Waals surface area (Å²) in [7, 11) is -2.45. The molecule has 1 aromatic carbocycles. The van der Waals surface area contributed by atoms with Crippen molar-refractivity contribution in [2.45, 2.75) is 12.0 Å². The molecule has 2 aromatic heterocycles. The Hall–Kier alpha value is -2.23. The van der Waals surface area contributed by atoms with E-state index in [0.29, 0.717) is 5.69 Å². The Morgan fingerprint density at radius 1 is 1.26 bits per heavy atom. The third kappa shape index (κ3) is 3.11. The number of nitrogens with one attached hydrogen (secondary N) is 2. The van der Waals surface area contributed by atoms with Crippen molar-refractivity contribution in [2.24, 2.45) is 0 Å². The molecule has 0 fully saturated rings. The molecule has 3 rings (SSSR count). The Bertz CT molecular complexity index is 989. The quantitative estimate of drug-likeness (QED) is 0.751. The molecule has 7 nitrogen and oxygen atoms in total. The predicted octanol–water partition coefficient (Wildman–Crippen LogP) is 2.36. The first kappa shape index (κ1) is 15.7. The monoisotopic (exact) mass is 351 g/mol. The van der Waals surface area contributed by atoms with E-state index >= 15 is 0 Å². The lowest BCUT2D eigenvalue weighted by molar-refractivity contribution is 0.0991. The van der Waals surface area contributed by atoms with Crippen LogP contribution in [-0.2, 0) is 10.0 Å². The minimum absolute atomic E-state index is 0.0839. The van der Waals surface area contributed by atoms with E-state index in [4.69, 9.17) is 4.42 Å². The number of hydrogen-bond donors (Lipinski definition) is 2. The number of rotatable bonds is 4. The van der Waals surface area contributed by atoms with Gasteiger partial charge < -0.3 is 9.73 Å². The van der Waals surface area contributed by atoms with Gasteiger partial charge in [0.05, 0.1) is 15.2 Å². The van der Waals surface area contributed by atoms with Crippen molar-refractivity contribution < 1.29 is 17.6 Å². The van der Waals surface area contributed by atoms with Gasteiger partial charge in [-0.3, -0.25) is 4.79 Å². The third-order valence-corrected chi connectivity index (χ3v) is 5.31. The SMILES string of the molecule is CNS(=O)(=O)c1ccc(C(=O)Nc2ccc3nc(C)sc3c2)o1. The van der Waals surface area contributed by atoms with Gasteiger partial charge in [-0.2, -0.15) is 0 Å². The number of amides is 1. The highest BCUT2D eigenvalue weighted by Gasteiger charge is 2.19. The van der Waals surface area contributed by atoms with E-state index in [-0.39, 0.29) is 10.9 Å². The van der Waals surface area contributed by atoms with Gasteiger partial charge in [-0.25, -0.2) is 18.1 Å². The van der Waals surface area contributed by atoms with Crippen molar-refractivity contribution in [1.29, 1.82) is 0 Å². The van der Waals surface area contributed by atoms with Gasteiger partial charge >= 0.3 is 0 Å². The van der Waals surface area contributed by atoms with E-state index in [1.807, 2.05) is 19.1 Å². The Morgan fingerprint density at radius 3 is 2.78 bits per heavy atom. The molecule has 0 spiro atoms. The average molecular weight is 351 g/mol. The first-order valence-electron chi connectivity index (χ1n) is 6.61. The van der Waals surface area contributed by atoms with Crippen LogP contribution in [0.5, 0.6) is 0 Å². The minimum Gasteiger partial charge on any atom is -0.438 e. The Morgan fingerprint density at radius 2 is 2.04 bits per heavy atom. The Labute approximate surface area is 136 Å². The van der Waals surface area contributed by atoms with Crippen LogP contribution in [-0.4, -0.2) is 26.4 Å². The first-order chi connectivity index (χ1) is 10.9. The Kier molecular flexibility index (Phi) is 3.92. The van der Waals surface area contributed by atoms with Crippen molar-refractivity contribution in [1.82, 2.24) is 9.71 Å². The van der Waals surface area contributed by atoms with Gasteiger partial charge in [0.1, 0.15) is 0 Å². The minimum atomic E-state index is -3.71. The van der Waals surface area contributed by atoms with E-state index < -0.39 is 15.9 Å². The van der Waals surface area contributed by atoms with E-state index in [0.717, 1.165) is 15.2 Å². The number of carbonyl (C=O) groups excluding carboxylic acids is 1. The normalized spacial score (nSPS) is 11.7. The molecule has 2 N–H and O–H groups in total. The lowest BCUT2D eigenvalue weighted by Gasteiger charge is -2.03. The smallest absolute Gasteiger partial charge is 0.291 e. The van der Waals surface area contributed by atoms with Gasteiger partial charge in [0.15, 0.2) is 5.76 Å². The summed E-state index contributed by atoms with van der Waals surface area (Å²) in [6, 6.07) is 7.90. The molecular weight excluding hydrogens is 338 g/mol. The predicted molar refractivity (Wildman–Crippen MR) is 87.3 cm³/mol. The van der Waals surface area contributed by atoms with Gasteiger partial charge in [-0.05, 0) is 44.3 Å². The standard InChI is InChI=1S/C14H13N3O4S2/c1-8-16-10-4-3-9(7-12(10)22-8)17-14(18)11-5-6-13(21-11)23(19,20)15-2/h3-7,15H,1-2H3,(H,17,18). The molecule has 23 heavy (non-hydrogen) atoms. The number of benzene rings is 1. The molecule has 0 radical (unpaired) electrons. The number of aromatic nitrogens is 1. The summed E-state index contributed by atoms with van der Waals surface area (Å²) in [5, 5.41) is 3.31. The van der Waals surface area contributed by atoms with E-state index in [9.17, 15) is 13.2 Å². The number of furan rings is 1. The van der Waals surface area contributed by atoms with Crippen LogP contribution in [0.3, 0.4) is 0 Å². The maximum Gasteiger partial charge on any atom is 0.291 e. The molecule has 0 unspecified atom stereocenters. The molecule has 0 saturated heterocycles. The highest BCUT2D eigenvalue weighted by molar-refractivity contribution is 7.89. The molecule has 0 aliphatic rings. The number of anilines is 1. The summed E-state index contributed by atoms with van der Waals surface area (Å²) in [5.74, 6) is -0.609. The fourth-order valence-electron chi connectivity index (χ4n) is 2.00. The number of fused-ring (bicyclic) bond motifs is 1. The molecule has 9 heteroatoms. The number of aryl methyl sites for hydroxylation is 1. The second-order valence-corrected chi connectivity index (χ2v) is 7.75. The summed E-state index contributed by atoms with van der Waals surface area (Å²) < 4.78 is 31.4. The van der Waals surface area contributed by atoms with Crippen LogP contribution in [0.2, 0.25) is 0 Å². The van der Waals surface area contributed by atoms with Crippen molar-refractivity contribution in [3.05, 3.63) is 41.1 Å². The fraction of sp³-hybridized carbons (Fsp3) is 0.143. The number of carbonyl (C=O) groups is 1. The van der Waals surface area contributed by atoms with Crippen LogP contribution in [0.4, 0.5) is 5.69 Å². The zero-order valence-corrected chi connectivity index (χ0v) is 13.9.